The van der Waals surface area contributed by atoms with Gasteiger partial charge in [-0.2, -0.15) is 0 Å². The van der Waals surface area contributed by atoms with Gasteiger partial charge in [0, 0.05) is 181 Å². The zero-order valence-corrected chi connectivity index (χ0v) is 82.0. The van der Waals surface area contributed by atoms with Crippen LogP contribution in [0.2, 0.25) is 0 Å². The van der Waals surface area contributed by atoms with Gasteiger partial charge in [-0.1, -0.05) is 18.6 Å². The molecule has 12 heterocycles. The van der Waals surface area contributed by atoms with E-state index >= 15 is 0 Å². The standard InChI is InChI=1S/C29H38N6O2.C28H33N3O5.C26H34N6O3.C25H28N4O4/c1-2-10-34(11-3-1)20-24-17-23(32-21-33-24)16-22-4-6-26(7-5-22)37-28-19-25(35-12-14-36-15-13-35)18-27-29(28)31-9-8-30-27;1-33-25-16-20(5-8-23(25)28(32)34-2)15-19-3-6-22(7-4-19)36-26-18-21(31-11-13-35-14-12-31)17-24-27(26)30-10-9-29-24;1-31(2)26-25(33-3)22(29-17-30-26)14-18-4-6-20(7-5-18)35-23-16-19(32-10-12-34-13-11-32)15-21-24(23)28-9-8-27-21;30-25(31)21-6-3-18(16-28-21)13-17-1-4-20(5-2-17)33-23-15-19(29-9-11-32-12-10-29)14-22-24(23)27-8-7-26-22/h8-9,17-19,21-22,26H,1-7,10-16,20H2;5,8-10,16-19,22H,3-4,6-7,11-15H2,1-2H3;8-9,15-18,20H,4-7,10-14H2,1-3H3;3,6-8,14-17,20H,1-2,4-5,9-13H2,(H,30,31). The van der Waals surface area contributed by atoms with Gasteiger partial charge in [0.05, 0.1) is 132 Å². The number of piperidine rings is 1. The Morgan fingerprint density at radius 3 is 1.12 bits per heavy atom. The second kappa shape index (κ2) is 48.7. The molecule has 9 aliphatic rings. The number of fused-ring (bicyclic) bond motifs is 4. The lowest BCUT2D eigenvalue weighted by molar-refractivity contribution is 0.0595. The Kier molecular flexibility index (Phi) is 34.0. The van der Waals surface area contributed by atoms with E-state index in [1.54, 1.807) is 94.8 Å². The van der Waals surface area contributed by atoms with E-state index in [4.69, 9.17) is 57.2 Å². The number of morpholine rings is 4. The average molecular weight is 1920 g/mol. The Bertz CT molecular complexity index is 6090. The van der Waals surface area contributed by atoms with Crippen LogP contribution in [0.4, 0.5) is 28.6 Å². The van der Waals surface area contributed by atoms with Crippen LogP contribution in [-0.4, -0.2) is 265 Å². The topological polar surface area (TPSA) is 343 Å². The highest BCUT2D eigenvalue weighted by atomic mass is 16.5. The maximum absolute atomic E-state index is 11.9. The summed E-state index contributed by atoms with van der Waals surface area (Å²) in [7, 11) is 8.59. The average Bonchev–Trinajstić information content (AvgIpc) is 0.799. The van der Waals surface area contributed by atoms with Crippen molar-refractivity contribution in [1.82, 2.24) is 69.7 Å². The normalized spacial score (nSPS) is 21.3. The number of likely N-dealkylation sites (tertiary alicyclic amines) is 1. The van der Waals surface area contributed by atoms with Crippen LogP contribution in [0, 0.1) is 23.7 Å². The molecule has 7 aromatic heterocycles. The minimum absolute atomic E-state index is 0.0884. The number of hydrogen-bond acceptors (Lipinski definition) is 32. The van der Waals surface area contributed by atoms with E-state index in [1.165, 1.54) is 50.7 Å². The predicted molar refractivity (Wildman–Crippen MR) is 540 cm³/mol. The number of benzene rings is 5. The molecule has 4 aliphatic carbocycles. The third-order valence-corrected chi connectivity index (χ3v) is 28.8. The number of carbonyl (C=O) groups excluding carboxylic acids is 1. The molecule has 744 valence electrons. The van der Waals surface area contributed by atoms with Gasteiger partial charge in [-0.25, -0.2) is 54.4 Å². The SMILES string of the molecule is COC(=O)c1ccc(CC2CCC(Oc3cc(N4CCOCC4)cc4nccnc34)CC2)cc1OC.COc1c(CC2CCC(Oc3cc(N4CCOCC4)cc4nccnc34)CC2)ncnc1N(C)C.O=C(O)c1ccc(CC2CCC(Oc3cc(N4CCOCC4)cc4nccnc34)CC2)cn1.c1nc(CC2CCC(Oc3cc(N4CCOCC4)cc4nccnc34)CC2)cc(CN2CCCCC2)n1. The summed E-state index contributed by atoms with van der Waals surface area (Å²) in [5.41, 5.74) is 17.4. The number of rotatable bonds is 27. The van der Waals surface area contributed by atoms with Gasteiger partial charge in [-0.15, -0.1) is 0 Å². The molecule has 0 bridgehead atoms. The molecule has 9 fully saturated rings. The highest BCUT2D eigenvalue weighted by molar-refractivity contribution is 5.93. The summed E-state index contributed by atoms with van der Waals surface area (Å²) in [5.74, 6) is 6.40. The summed E-state index contributed by atoms with van der Waals surface area (Å²) in [6.07, 6.45) is 44.2. The van der Waals surface area contributed by atoms with E-state index in [0.29, 0.717) is 35.0 Å². The third kappa shape index (κ3) is 26.2. The van der Waals surface area contributed by atoms with Gasteiger partial charge in [0.1, 0.15) is 74.7 Å². The number of carboxylic acids is 1. The Hall–Kier alpha value is -12.7. The second-order valence-corrected chi connectivity index (χ2v) is 38.5. The van der Waals surface area contributed by atoms with Crippen molar-refractivity contribution in [2.24, 2.45) is 23.7 Å². The maximum atomic E-state index is 11.9. The summed E-state index contributed by atoms with van der Waals surface area (Å²) in [5, 5.41) is 9.01. The fourth-order valence-corrected chi connectivity index (χ4v) is 21.1. The van der Waals surface area contributed by atoms with Crippen LogP contribution in [-0.2, 0) is 55.9 Å². The van der Waals surface area contributed by atoms with Gasteiger partial charge < -0.3 is 81.7 Å². The fourth-order valence-electron chi connectivity index (χ4n) is 21.1. The molecule has 4 saturated carbocycles. The van der Waals surface area contributed by atoms with E-state index in [9.17, 15) is 9.59 Å². The van der Waals surface area contributed by atoms with Gasteiger partial charge in [0.15, 0.2) is 11.6 Å². The van der Waals surface area contributed by atoms with Crippen molar-refractivity contribution in [3.63, 3.8) is 0 Å². The number of aromatic carboxylic acids is 1. The summed E-state index contributed by atoms with van der Waals surface area (Å²) in [4.78, 5) is 95.4. The van der Waals surface area contributed by atoms with Crippen molar-refractivity contribution < 1.29 is 66.8 Å². The zero-order chi connectivity index (χ0) is 96.6. The predicted octanol–water partition coefficient (Wildman–Crippen LogP) is 16.1. The smallest absolute Gasteiger partial charge is 0.354 e. The Balaban J connectivity index is 0.000000124. The van der Waals surface area contributed by atoms with Gasteiger partial charge >= 0.3 is 11.9 Å². The molecule has 1 N–H and O–H groups in total. The molecular weight excluding hydrogens is 1790 g/mol. The number of aromatic nitrogens is 13. The summed E-state index contributed by atoms with van der Waals surface area (Å²) < 4.78 is 64.3. The number of esters is 1. The van der Waals surface area contributed by atoms with Crippen molar-refractivity contribution >= 4 is 84.6 Å². The van der Waals surface area contributed by atoms with Gasteiger partial charge in [0.25, 0.3) is 0 Å². The van der Waals surface area contributed by atoms with E-state index in [-0.39, 0.29) is 36.1 Å². The van der Waals surface area contributed by atoms with Crippen LogP contribution in [0.15, 0.2) is 153 Å². The first-order valence-electron chi connectivity index (χ1n) is 50.7. The van der Waals surface area contributed by atoms with Gasteiger partial charge in [-0.05, 0) is 238 Å². The minimum Gasteiger partial charge on any atom is -0.496 e. The van der Waals surface area contributed by atoms with Crippen LogP contribution in [0.5, 0.6) is 34.5 Å². The number of methoxy groups -OCH3 is 3. The van der Waals surface area contributed by atoms with Gasteiger partial charge in [-0.3, -0.25) is 24.8 Å². The summed E-state index contributed by atoms with van der Waals surface area (Å²) in [6, 6.07) is 28.3. The first-order chi connectivity index (χ1) is 69.2. The van der Waals surface area contributed by atoms with Crippen LogP contribution in [0.3, 0.4) is 0 Å². The Labute approximate surface area is 824 Å². The third-order valence-electron chi connectivity index (χ3n) is 28.8. The maximum Gasteiger partial charge on any atom is 0.354 e. The van der Waals surface area contributed by atoms with Crippen molar-refractivity contribution in [3.05, 3.63) is 193 Å². The largest absolute Gasteiger partial charge is 0.496 e. The number of nitrogens with zero attached hydrogens (tertiary/aromatic N) is 19. The van der Waals surface area contributed by atoms with E-state index in [1.807, 2.05) is 37.2 Å². The molecule has 0 amide bonds. The highest BCUT2D eigenvalue weighted by Gasteiger charge is 2.33. The lowest BCUT2D eigenvalue weighted by Gasteiger charge is -2.31. The van der Waals surface area contributed by atoms with Crippen LogP contribution >= 0.6 is 0 Å². The molecular formula is C108H133N19O14. The van der Waals surface area contributed by atoms with Gasteiger partial charge in [0.2, 0.25) is 0 Å². The fraction of sp³-hybridized carbons (Fsp3) is 0.509. The van der Waals surface area contributed by atoms with E-state index in [0.717, 1.165) is 359 Å². The first kappa shape index (κ1) is 98.5. The van der Waals surface area contributed by atoms with Crippen LogP contribution in [0.1, 0.15) is 171 Å². The number of carboxylic acid groups (broad SMARTS) is 1. The van der Waals surface area contributed by atoms with Crippen molar-refractivity contribution in [2.45, 2.75) is 179 Å². The molecule has 21 rings (SSSR count). The van der Waals surface area contributed by atoms with Crippen molar-refractivity contribution in [3.8, 4) is 34.5 Å². The minimum atomic E-state index is -0.992. The lowest BCUT2D eigenvalue weighted by Crippen LogP contribution is -2.36. The molecule has 5 aliphatic heterocycles. The molecule has 33 heteroatoms. The van der Waals surface area contributed by atoms with Crippen LogP contribution in [0.25, 0.3) is 44.1 Å². The number of hydrogen-bond donors (Lipinski definition) is 1. The summed E-state index contributed by atoms with van der Waals surface area (Å²) in [6.45, 7) is 16.2. The number of anilines is 5. The number of carbonyl (C=O) groups is 2. The van der Waals surface area contributed by atoms with Crippen molar-refractivity contribution in [1.29, 1.82) is 0 Å². The Morgan fingerprint density at radius 2 is 0.745 bits per heavy atom. The summed E-state index contributed by atoms with van der Waals surface area (Å²) >= 11 is 0. The van der Waals surface area contributed by atoms with Crippen LogP contribution < -0.4 is 52.9 Å². The highest BCUT2D eigenvalue weighted by Crippen LogP contribution is 2.43. The van der Waals surface area contributed by atoms with E-state index in [2.05, 4.69) is 144 Å². The quantitative estimate of drug-likeness (QED) is 0.0467. The molecule has 12 aromatic rings. The second-order valence-electron chi connectivity index (χ2n) is 38.5. The first-order valence-corrected chi connectivity index (χ1v) is 50.7. The molecule has 5 aromatic carbocycles. The monoisotopic (exact) mass is 1920 g/mol. The number of pyridine rings is 1. The zero-order valence-electron chi connectivity index (χ0n) is 82.0. The molecule has 5 saturated heterocycles. The molecule has 0 unspecified atom stereocenters. The van der Waals surface area contributed by atoms with E-state index < -0.39 is 5.97 Å². The number of ether oxygens (including phenoxy) is 11. The lowest BCUT2D eigenvalue weighted by atomic mass is 9.83. The molecule has 0 spiro atoms. The molecule has 141 heavy (non-hydrogen) atoms. The Morgan fingerprint density at radius 1 is 0.369 bits per heavy atom. The molecule has 0 atom stereocenters. The molecule has 0 radical (unpaired) electrons. The molecule has 33 nitrogen and oxygen atoms in total. The van der Waals surface area contributed by atoms with Crippen molar-refractivity contribution in [2.75, 3.05) is 178 Å².